The van der Waals surface area contributed by atoms with Crippen molar-refractivity contribution < 1.29 is 14.6 Å². The molecule has 0 aliphatic rings. The Morgan fingerprint density at radius 3 is 2.47 bits per heavy atom. The van der Waals surface area contributed by atoms with Gasteiger partial charge in [0.2, 0.25) is 0 Å². The Labute approximate surface area is 181 Å². The number of aliphatic hydroxyl groups is 1. The molecule has 0 saturated heterocycles. The Hall–Kier alpha value is -2.09. The molecule has 1 aromatic carbocycles. The van der Waals surface area contributed by atoms with Gasteiger partial charge in [0, 0.05) is 31.4 Å². The largest absolute Gasteiger partial charge is 0.493 e. The van der Waals surface area contributed by atoms with Crippen LogP contribution in [0.5, 0.6) is 11.5 Å². The van der Waals surface area contributed by atoms with Crippen LogP contribution in [0.3, 0.4) is 0 Å². The number of aryl methyl sites for hydroxylation is 2. The van der Waals surface area contributed by atoms with Gasteiger partial charge in [0.1, 0.15) is 12.7 Å². The smallest absolute Gasteiger partial charge is 0.161 e. The molecule has 1 unspecified atom stereocenters. The molecule has 0 saturated carbocycles. The van der Waals surface area contributed by atoms with Crippen molar-refractivity contribution >= 4 is 0 Å². The molecule has 7 nitrogen and oxygen atoms in total. The Morgan fingerprint density at radius 1 is 1.13 bits per heavy atom. The molecule has 0 radical (unpaired) electrons. The number of methoxy groups -OCH3 is 1. The van der Waals surface area contributed by atoms with Crippen molar-refractivity contribution in [1.29, 1.82) is 0 Å². The van der Waals surface area contributed by atoms with Crippen LogP contribution in [0.15, 0.2) is 24.3 Å². The summed E-state index contributed by atoms with van der Waals surface area (Å²) in [4.78, 5) is 4.35. The minimum absolute atomic E-state index is 0.231. The average molecular weight is 419 g/mol. The highest BCUT2D eigenvalue weighted by Crippen LogP contribution is 2.28. The number of likely N-dealkylation sites (N-methyl/N-ethyl adjacent to an activating group) is 2. The average Bonchev–Trinajstić information content (AvgIpc) is 3.02. The van der Waals surface area contributed by atoms with E-state index in [9.17, 15) is 5.11 Å². The van der Waals surface area contributed by atoms with Crippen molar-refractivity contribution in [3.63, 3.8) is 0 Å². The number of hydrogen-bond acceptors (Lipinski definition) is 6. The summed E-state index contributed by atoms with van der Waals surface area (Å²) in [5.74, 6) is 1.33. The molecule has 30 heavy (non-hydrogen) atoms. The molecule has 1 aromatic heterocycles. The van der Waals surface area contributed by atoms with Crippen LogP contribution in [0.1, 0.15) is 30.8 Å². The third-order valence-corrected chi connectivity index (χ3v) is 5.29. The second kappa shape index (κ2) is 11.3. The third kappa shape index (κ3) is 7.31. The molecule has 1 heterocycles. The van der Waals surface area contributed by atoms with Crippen molar-refractivity contribution in [3.8, 4) is 11.5 Å². The van der Waals surface area contributed by atoms with Gasteiger partial charge in [-0.25, -0.2) is 0 Å². The summed E-state index contributed by atoms with van der Waals surface area (Å²) in [6.45, 7) is 11.7. The third-order valence-electron chi connectivity index (χ3n) is 5.29. The standard InChI is InChI=1S/C23H38N4O3/c1-17(2)26(6)15-21(28)16-30-22-9-8-20(13-23(22)29-7)14-25(5)10-11-27-19(4)12-18(3)24-27/h8-9,12-13,17,21,28H,10-11,14-16H2,1-7H3. The second-order valence-electron chi connectivity index (χ2n) is 8.37. The predicted octanol–water partition coefficient (Wildman–Crippen LogP) is 2.72. The van der Waals surface area contributed by atoms with E-state index in [2.05, 4.69) is 48.8 Å². The number of rotatable bonds is 12. The maximum Gasteiger partial charge on any atom is 0.161 e. The molecule has 0 aliphatic carbocycles. The van der Waals surface area contributed by atoms with E-state index in [1.165, 1.54) is 5.69 Å². The number of aliphatic hydroxyl groups excluding tert-OH is 1. The first kappa shape index (κ1) is 24.2. The van der Waals surface area contributed by atoms with Crippen LogP contribution in [0.4, 0.5) is 0 Å². The predicted molar refractivity (Wildman–Crippen MR) is 120 cm³/mol. The lowest BCUT2D eigenvalue weighted by Gasteiger charge is -2.24. The molecule has 0 bridgehead atoms. The van der Waals surface area contributed by atoms with Crippen LogP contribution in [0, 0.1) is 13.8 Å². The lowest BCUT2D eigenvalue weighted by atomic mass is 10.2. The van der Waals surface area contributed by atoms with Gasteiger partial charge in [0.25, 0.3) is 0 Å². The molecular formula is C23H38N4O3. The summed E-state index contributed by atoms with van der Waals surface area (Å²) in [5, 5.41) is 14.7. The number of aromatic nitrogens is 2. The number of benzene rings is 1. The van der Waals surface area contributed by atoms with E-state index in [-0.39, 0.29) is 6.61 Å². The first-order valence-electron chi connectivity index (χ1n) is 10.6. The molecule has 0 spiro atoms. The fourth-order valence-electron chi connectivity index (χ4n) is 3.27. The Kier molecular flexibility index (Phi) is 9.14. The molecule has 0 aliphatic heterocycles. The molecule has 7 heteroatoms. The van der Waals surface area contributed by atoms with E-state index >= 15 is 0 Å². The van der Waals surface area contributed by atoms with E-state index in [1.807, 2.05) is 36.9 Å². The number of nitrogens with zero attached hydrogens (tertiary/aromatic N) is 4. The van der Waals surface area contributed by atoms with Crippen molar-refractivity contribution in [1.82, 2.24) is 19.6 Å². The quantitative estimate of drug-likeness (QED) is 0.572. The Morgan fingerprint density at radius 2 is 1.87 bits per heavy atom. The summed E-state index contributed by atoms with van der Waals surface area (Å²) >= 11 is 0. The van der Waals surface area contributed by atoms with Crippen LogP contribution in [-0.4, -0.2) is 77.7 Å². The topological polar surface area (TPSA) is 63.0 Å². The lowest BCUT2D eigenvalue weighted by Crippen LogP contribution is -2.36. The first-order chi connectivity index (χ1) is 14.2. The number of hydrogen-bond donors (Lipinski definition) is 1. The van der Waals surface area contributed by atoms with Crippen LogP contribution in [0.2, 0.25) is 0 Å². The minimum Gasteiger partial charge on any atom is -0.493 e. The van der Waals surface area contributed by atoms with Gasteiger partial charge in [-0.2, -0.15) is 5.10 Å². The van der Waals surface area contributed by atoms with Crippen LogP contribution >= 0.6 is 0 Å². The van der Waals surface area contributed by atoms with Crippen molar-refractivity contribution in [2.24, 2.45) is 0 Å². The van der Waals surface area contributed by atoms with Crippen molar-refractivity contribution in [3.05, 3.63) is 41.2 Å². The van der Waals surface area contributed by atoms with Crippen molar-refractivity contribution in [2.45, 2.75) is 52.9 Å². The summed E-state index contributed by atoms with van der Waals surface area (Å²) in [5.41, 5.74) is 3.39. The summed E-state index contributed by atoms with van der Waals surface area (Å²) in [7, 11) is 5.74. The van der Waals surface area contributed by atoms with Crippen molar-refractivity contribution in [2.75, 3.05) is 40.9 Å². The molecule has 2 rings (SSSR count). The number of ether oxygens (including phenoxy) is 2. The van der Waals surface area contributed by atoms with Gasteiger partial charge in [0.05, 0.1) is 19.3 Å². The second-order valence-corrected chi connectivity index (χ2v) is 8.37. The summed E-state index contributed by atoms with van der Waals surface area (Å²) < 4.78 is 13.4. The van der Waals surface area contributed by atoms with E-state index < -0.39 is 6.10 Å². The molecule has 0 fully saturated rings. The Balaban J connectivity index is 1.88. The minimum atomic E-state index is -0.553. The molecule has 1 N–H and O–H groups in total. The zero-order valence-corrected chi connectivity index (χ0v) is 19.6. The maximum absolute atomic E-state index is 10.2. The summed E-state index contributed by atoms with van der Waals surface area (Å²) in [6, 6.07) is 8.45. The van der Waals surface area contributed by atoms with Crippen LogP contribution in [-0.2, 0) is 13.1 Å². The van der Waals surface area contributed by atoms with Gasteiger partial charge in [-0.05, 0) is 65.6 Å². The van der Waals surface area contributed by atoms with E-state index in [0.717, 1.165) is 30.9 Å². The highest BCUT2D eigenvalue weighted by molar-refractivity contribution is 5.43. The van der Waals surface area contributed by atoms with Gasteiger partial charge in [-0.1, -0.05) is 6.07 Å². The van der Waals surface area contributed by atoms with E-state index in [0.29, 0.717) is 24.1 Å². The fraction of sp³-hybridized carbons (Fsp3) is 0.609. The van der Waals surface area contributed by atoms with E-state index in [4.69, 9.17) is 9.47 Å². The lowest BCUT2D eigenvalue weighted by molar-refractivity contribution is 0.0668. The maximum atomic E-state index is 10.2. The first-order valence-corrected chi connectivity index (χ1v) is 10.6. The van der Waals surface area contributed by atoms with Gasteiger partial charge < -0.3 is 24.4 Å². The molecule has 0 amide bonds. The molecule has 2 aromatic rings. The monoisotopic (exact) mass is 418 g/mol. The SMILES string of the molecule is COc1cc(CN(C)CCn2nc(C)cc2C)ccc1OCC(O)CN(C)C(C)C. The van der Waals surface area contributed by atoms with Gasteiger partial charge in [-0.3, -0.25) is 4.68 Å². The zero-order valence-electron chi connectivity index (χ0n) is 19.6. The Bertz CT molecular complexity index is 791. The van der Waals surface area contributed by atoms with E-state index in [1.54, 1.807) is 7.11 Å². The normalized spacial score (nSPS) is 12.8. The zero-order chi connectivity index (χ0) is 22.3. The van der Waals surface area contributed by atoms with Crippen LogP contribution in [0.25, 0.3) is 0 Å². The molecule has 168 valence electrons. The van der Waals surface area contributed by atoms with Gasteiger partial charge >= 0.3 is 0 Å². The highest BCUT2D eigenvalue weighted by atomic mass is 16.5. The summed E-state index contributed by atoms with van der Waals surface area (Å²) in [6.07, 6.45) is -0.553. The molecule has 1 atom stereocenters. The van der Waals surface area contributed by atoms with Gasteiger partial charge in [-0.15, -0.1) is 0 Å². The highest BCUT2D eigenvalue weighted by Gasteiger charge is 2.14. The van der Waals surface area contributed by atoms with Gasteiger partial charge in [0.15, 0.2) is 11.5 Å². The van der Waals surface area contributed by atoms with Crippen LogP contribution < -0.4 is 9.47 Å². The molecular weight excluding hydrogens is 380 g/mol. The fourth-order valence-corrected chi connectivity index (χ4v) is 3.27.